The van der Waals surface area contributed by atoms with E-state index in [9.17, 15) is 0 Å². The van der Waals surface area contributed by atoms with Gasteiger partial charge in [-0.1, -0.05) is 53.4 Å². The van der Waals surface area contributed by atoms with Crippen LogP contribution in [0.3, 0.4) is 0 Å². The van der Waals surface area contributed by atoms with Crippen molar-refractivity contribution >= 4 is 39.0 Å². The second-order valence-corrected chi connectivity index (χ2v) is 9.33. The van der Waals surface area contributed by atoms with Crippen molar-refractivity contribution in [2.24, 2.45) is 7.05 Å². The quantitative estimate of drug-likeness (QED) is 0.398. The Hall–Kier alpha value is -2.30. The van der Waals surface area contributed by atoms with Gasteiger partial charge in [-0.2, -0.15) is 4.57 Å². The minimum absolute atomic E-state index is 1.18. The summed E-state index contributed by atoms with van der Waals surface area (Å²) in [4.78, 5) is 3.66. The maximum Gasteiger partial charge on any atom is 0.225 e. The molecule has 0 radical (unpaired) electrons. The summed E-state index contributed by atoms with van der Waals surface area (Å²) in [6.45, 7) is 4.39. The molecular weight excluding hydrogens is 392 g/mol. The molecule has 0 unspecified atom stereocenters. The standard InChI is InChI=1S/C17H19NS.C8H8NS/c1-4-13-9-10-14(12(13)2)11-17-18(3)15-7-5-6-8-16(15)19-17;1-9-6-10-8-5-3-2-4-7(8)9/h4-8,11H,9-10H2,1-3H3;2-6H,1H3/q;+1/b13-4+,17-11-;. The van der Waals surface area contributed by atoms with Gasteiger partial charge in [0.15, 0.2) is 0 Å². The largest absolute Gasteiger partial charge is 0.338 e. The molecule has 148 valence electrons. The van der Waals surface area contributed by atoms with Gasteiger partial charge in [0, 0.05) is 18.0 Å². The number of aromatic nitrogens is 1. The number of rotatable bonds is 1. The first kappa shape index (κ1) is 20.0. The number of aryl methyl sites for hydroxylation is 1. The maximum absolute atomic E-state index is 2.37. The van der Waals surface area contributed by atoms with Gasteiger partial charge in [-0.15, -0.1) is 0 Å². The molecule has 2 aromatic carbocycles. The van der Waals surface area contributed by atoms with Gasteiger partial charge in [-0.3, -0.25) is 0 Å². The van der Waals surface area contributed by atoms with Crippen LogP contribution in [-0.2, 0) is 7.05 Å². The van der Waals surface area contributed by atoms with Crippen molar-refractivity contribution in [3.8, 4) is 0 Å². The molecule has 3 aromatic rings. The highest BCUT2D eigenvalue weighted by Crippen LogP contribution is 2.46. The molecule has 1 aliphatic carbocycles. The number of hydrogen-bond acceptors (Lipinski definition) is 3. The van der Waals surface area contributed by atoms with E-state index in [0.29, 0.717) is 0 Å². The number of allylic oxidation sites excluding steroid dienone is 5. The lowest BCUT2D eigenvalue weighted by Gasteiger charge is -2.13. The summed E-state index contributed by atoms with van der Waals surface area (Å²) in [5.74, 6) is 0. The molecule has 29 heavy (non-hydrogen) atoms. The first-order chi connectivity index (χ1) is 14.1. The number of thioether (sulfide) groups is 1. The van der Waals surface area contributed by atoms with E-state index in [0.717, 1.165) is 0 Å². The lowest BCUT2D eigenvalue weighted by Crippen LogP contribution is -2.24. The Bertz CT molecular complexity index is 1130. The molecule has 1 aliphatic heterocycles. The number of thiazole rings is 1. The van der Waals surface area contributed by atoms with Crippen LogP contribution in [0, 0.1) is 0 Å². The average molecular weight is 420 g/mol. The summed E-state index contributed by atoms with van der Waals surface area (Å²) >= 11 is 3.65. The topological polar surface area (TPSA) is 7.12 Å². The first-order valence-electron chi connectivity index (χ1n) is 9.98. The number of anilines is 1. The van der Waals surface area contributed by atoms with Gasteiger partial charge in [-0.05, 0) is 67.7 Å². The van der Waals surface area contributed by atoms with Gasteiger partial charge in [0.2, 0.25) is 11.0 Å². The highest BCUT2D eigenvalue weighted by molar-refractivity contribution is 8.03. The second-order valence-electron chi connectivity index (χ2n) is 7.38. The van der Waals surface area contributed by atoms with E-state index in [-0.39, 0.29) is 0 Å². The van der Waals surface area contributed by atoms with Crippen LogP contribution in [-0.4, -0.2) is 7.05 Å². The van der Waals surface area contributed by atoms with Crippen LogP contribution in [0.2, 0.25) is 0 Å². The van der Waals surface area contributed by atoms with Crippen molar-refractivity contribution < 1.29 is 4.57 Å². The second kappa shape index (κ2) is 8.60. The zero-order valence-electron chi connectivity index (χ0n) is 17.5. The van der Waals surface area contributed by atoms with E-state index < -0.39 is 0 Å². The Balaban J connectivity index is 0.000000171. The van der Waals surface area contributed by atoms with Crippen LogP contribution < -0.4 is 9.47 Å². The van der Waals surface area contributed by atoms with E-state index in [2.05, 4.69) is 104 Å². The molecule has 1 aromatic heterocycles. The van der Waals surface area contributed by atoms with E-state index in [1.807, 2.05) is 11.8 Å². The summed E-state index contributed by atoms with van der Waals surface area (Å²) in [5, 5.41) is 1.34. The van der Waals surface area contributed by atoms with Gasteiger partial charge in [0.05, 0.1) is 10.7 Å². The van der Waals surface area contributed by atoms with Crippen LogP contribution in [0.4, 0.5) is 5.69 Å². The normalized spacial score (nSPS) is 18.6. The fourth-order valence-corrected chi connectivity index (χ4v) is 5.82. The molecule has 2 nitrogen and oxygen atoms in total. The van der Waals surface area contributed by atoms with Crippen LogP contribution in [0.1, 0.15) is 26.7 Å². The Labute approximate surface area is 181 Å². The molecule has 0 atom stereocenters. The Morgan fingerprint density at radius 1 is 1.03 bits per heavy atom. The number of nitrogens with zero attached hydrogens (tertiary/aromatic N) is 2. The monoisotopic (exact) mass is 419 g/mol. The van der Waals surface area contributed by atoms with Gasteiger partial charge in [0.25, 0.3) is 0 Å². The zero-order chi connectivity index (χ0) is 20.4. The van der Waals surface area contributed by atoms with Gasteiger partial charge < -0.3 is 4.90 Å². The predicted molar refractivity (Wildman–Crippen MR) is 127 cm³/mol. The Morgan fingerprint density at radius 3 is 2.52 bits per heavy atom. The van der Waals surface area contributed by atoms with Crippen molar-refractivity contribution in [3.05, 3.63) is 87.9 Å². The molecule has 0 N–H and O–H groups in total. The molecule has 2 heterocycles. The number of fused-ring (bicyclic) bond motifs is 2. The van der Waals surface area contributed by atoms with Gasteiger partial charge >= 0.3 is 0 Å². The fraction of sp³-hybridized carbons (Fsp3) is 0.240. The third-order valence-corrected chi connectivity index (χ3v) is 7.81. The highest BCUT2D eigenvalue weighted by atomic mass is 32.2. The van der Waals surface area contributed by atoms with Crippen LogP contribution in [0.15, 0.2) is 92.8 Å². The van der Waals surface area contributed by atoms with E-state index in [1.165, 1.54) is 55.4 Å². The van der Waals surface area contributed by atoms with Crippen molar-refractivity contribution in [1.82, 2.24) is 0 Å². The Kier molecular flexibility index (Phi) is 5.93. The highest BCUT2D eigenvalue weighted by Gasteiger charge is 2.23. The lowest BCUT2D eigenvalue weighted by molar-refractivity contribution is -0.640. The minimum Gasteiger partial charge on any atom is -0.338 e. The molecule has 0 saturated carbocycles. The van der Waals surface area contributed by atoms with Crippen LogP contribution in [0.5, 0.6) is 0 Å². The van der Waals surface area contributed by atoms with Crippen LogP contribution >= 0.6 is 23.1 Å². The Morgan fingerprint density at radius 2 is 1.79 bits per heavy atom. The number of benzene rings is 2. The third-order valence-electron chi connectivity index (χ3n) is 5.63. The van der Waals surface area contributed by atoms with Crippen molar-refractivity contribution in [3.63, 3.8) is 0 Å². The minimum atomic E-state index is 1.18. The number of para-hydroxylation sites is 2. The van der Waals surface area contributed by atoms with Crippen molar-refractivity contribution in [1.29, 1.82) is 0 Å². The predicted octanol–water partition coefficient (Wildman–Crippen LogP) is 6.85. The smallest absolute Gasteiger partial charge is 0.225 e. The third kappa shape index (κ3) is 4.05. The molecule has 0 amide bonds. The van der Waals surface area contributed by atoms with Crippen molar-refractivity contribution in [2.75, 3.05) is 11.9 Å². The van der Waals surface area contributed by atoms with E-state index in [4.69, 9.17) is 0 Å². The molecule has 0 saturated heterocycles. The fourth-order valence-electron chi connectivity index (χ4n) is 3.83. The maximum atomic E-state index is 2.37. The average Bonchev–Trinajstić information content (AvgIpc) is 3.40. The summed E-state index contributed by atoms with van der Waals surface area (Å²) in [6, 6.07) is 17.0. The molecular formula is C25H27N2S2+. The number of hydrogen-bond donors (Lipinski definition) is 0. The summed E-state index contributed by atoms with van der Waals surface area (Å²) in [6.07, 6.45) is 7.00. The van der Waals surface area contributed by atoms with Gasteiger partial charge in [-0.25, -0.2) is 0 Å². The first-order valence-corrected chi connectivity index (χ1v) is 11.7. The molecule has 0 fully saturated rings. The molecule has 5 rings (SSSR count). The van der Waals surface area contributed by atoms with Gasteiger partial charge in [0.1, 0.15) is 11.7 Å². The van der Waals surface area contributed by atoms with E-state index in [1.54, 1.807) is 11.3 Å². The summed E-state index contributed by atoms with van der Waals surface area (Å²) in [5.41, 5.74) is 9.23. The molecule has 0 spiro atoms. The molecule has 4 heteroatoms. The zero-order valence-corrected chi connectivity index (χ0v) is 19.1. The van der Waals surface area contributed by atoms with Crippen LogP contribution in [0.25, 0.3) is 10.2 Å². The SMILES string of the molecule is C/C=C1\CCC(/C=C2\Sc3ccccc3N2C)=C1C.C[n+]1csc2ccccc21. The van der Waals surface area contributed by atoms with E-state index >= 15 is 0 Å². The summed E-state index contributed by atoms with van der Waals surface area (Å²) < 4.78 is 3.49. The lowest BCUT2D eigenvalue weighted by atomic mass is 10.1. The molecule has 2 aliphatic rings. The van der Waals surface area contributed by atoms with Crippen molar-refractivity contribution in [2.45, 2.75) is 31.6 Å². The molecule has 0 bridgehead atoms. The summed E-state index contributed by atoms with van der Waals surface area (Å²) in [7, 11) is 4.23.